The Morgan fingerprint density at radius 2 is 1.20 bits per heavy atom. The molecule has 3 aromatic rings. The SMILES string of the molecule is Pc1c2ccccc2nc2ccccc12. The number of pyridine rings is 1. The molecule has 0 aliphatic rings. The van der Waals surface area contributed by atoms with Crippen LogP contribution in [0.1, 0.15) is 0 Å². The van der Waals surface area contributed by atoms with Crippen LogP contribution in [0.25, 0.3) is 21.8 Å². The van der Waals surface area contributed by atoms with Crippen LogP contribution >= 0.6 is 9.24 Å². The van der Waals surface area contributed by atoms with Crippen molar-refractivity contribution in [3.05, 3.63) is 48.5 Å². The van der Waals surface area contributed by atoms with E-state index >= 15 is 0 Å². The normalized spacial score (nSPS) is 11.0. The van der Waals surface area contributed by atoms with E-state index in [2.05, 4.69) is 38.5 Å². The predicted octanol–water partition coefficient (Wildman–Crippen LogP) is 2.89. The highest BCUT2D eigenvalue weighted by molar-refractivity contribution is 7.29. The third-order valence-corrected chi connectivity index (χ3v) is 3.25. The summed E-state index contributed by atoms with van der Waals surface area (Å²) in [6.07, 6.45) is 0. The lowest BCUT2D eigenvalue weighted by Crippen LogP contribution is -1.98. The van der Waals surface area contributed by atoms with Gasteiger partial charge < -0.3 is 0 Å². The molecule has 72 valence electrons. The second-order valence-corrected chi connectivity index (χ2v) is 4.14. The zero-order valence-corrected chi connectivity index (χ0v) is 9.30. The second kappa shape index (κ2) is 3.29. The van der Waals surface area contributed by atoms with E-state index in [1.807, 2.05) is 24.3 Å². The molecule has 0 saturated carbocycles. The average molecular weight is 211 g/mol. The third kappa shape index (κ3) is 1.32. The van der Waals surface area contributed by atoms with Crippen LogP contribution in [0.15, 0.2) is 48.5 Å². The van der Waals surface area contributed by atoms with Gasteiger partial charge in [0, 0.05) is 10.8 Å². The van der Waals surface area contributed by atoms with Crippen LogP contribution in [0.3, 0.4) is 0 Å². The molecule has 3 rings (SSSR count). The van der Waals surface area contributed by atoms with Gasteiger partial charge in [-0.05, 0) is 17.4 Å². The highest BCUT2D eigenvalue weighted by Crippen LogP contribution is 2.19. The first-order valence-corrected chi connectivity index (χ1v) is 5.47. The largest absolute Gasteiger partial charge is 0.248 e. The molecule has 0 N–H and O–H groups in total. The molecular weight excluding hydrogens is 201 g/mol. The Hall–Kier alpha value is -1.46. The number of hydrogen-bond acceptors (Lipinski definition) is 1. The fourth-order valence-corrected chi connectivity index (χ4v) is 2.36. The summed E-state index contributed by atoms with van der Waals surface area (Å²) in [5.74, 6) is 0. The summed E-state index contributed by atoms with van der Waals surface area (Å²) < 4.78 is 0. The van der Waals surface area contributed by atoms with Crippen molar-refractivity contribution >= 4 is 36.4 Å². The van der Waals surface area contributed by atoms with Gasteiger partial charge in [-0.1, -0.05) is 36.4 Å². The molecule has 1 nitrogen and oxygen atoms in total. The summed E-state index contributed by atoms with van der Waals surface area (Å²) >= 11 is 0. The van der Waals surface area contributed by atoms with Gasteiger partial charge in [0.05, 0.1) is 11.0 Å². The molecular formula is C13H10NP. The summed E-state index contributed by atoms with van der Waals surface area (Å²) in [5.41, 5.74) is 2.11. The molecule has 0 amide bonds. The van der Waals surface area contributed by atoms with Crippen LogP contribution in [-0.2, 0) is 0 Å². The minimum atomic E-state index is 1.06. The Labute approximate surface area is 90.3 Å². The van der Waals surface area contributed by atoms with Crippen LogP contribution in [0.4, 0.5) is 0 Å². The van der Waals surface area contributed by atoms with Gasteiger partial charge in [-0.15, -0.1) is 9.24 Å². The fourth-order valence-electron chi connectivity index (χ4n) is 1.87. The van der Waals surface area contributed by atoms with Gasteiger partial charge in [-0.3, -0.25) is 0 Å². The van der Waals surface area contributed by atoms with Gasteiger partial charge in [-0.25, -0.2) is 4.98 Å². The maximum atomic E-state index is 4.63. The van der Waals surface area contributed by atoms with Gasteiger partial charge in [0.25, 0.3) is 0 Å². The molecule has 1 unspecified atom stereocenters. The van der Waals surface area contributed by atoms with Crippen molar-refractivity contribution in [2.75, 3.05) is 0 Å². The first-order chi connectivity index (χ1) is 7.36. The first kappa shape index (κ1) is 8.82. The molecule has 1 atom stereocenters. The van der Waals surface area contributed by atoms with Gasteiger partial charge in [0.1, 0.15) is 0 Å². The Balaban J connectivity index is 2.60. The number of fused-ring (bicyclic) bond motifs is 2. The quantitative estimate of drug-likeness (QED) is 0.411. The fraction of sp³-hybridized carbons (Fsp3) is 0. The summed E-state index contributed by atoms with van der Waals surface area (Å²) in [5, 5.41) is 3.65. The van der Waals surface area contributed by atoms with E-state index in [1.54, 1.807) is 0 Å². The molecule has 0 spiro atoms. The van der Waals surface area contributed by atoms with Gasteiger partial charge in [0.15, 0.2) is 0 Å². The summed E-state index contributed by atoms with van der Waals surface area (Å²) in [6.45, 7) is 0. The van der Waals surface area contributed by atoms with E-state index in [0.717, 1.165) is 11.0 Å². The van der Waals surface area contributed by atoms with Crippen molar-refractivity contribution < 1.29 is 0 Å². The van der Waals surface area contributed by atoms with Gasteiger partial charge in [0.2, 0.25) is 0 Å². The van der Waals surface area contributed by atoms with Crippen molar-refractivity contribution in [1.82, 2.24) is 4.98 Å². The maximum absolute atomic E-state index is 4.63. The topological polar surface area (TPSA) is 12.9 Å². The second-order valence-electron chi connectivity index (χ2n) is 3.56. The monoisotopic (exact) mass is 211 g/mol. The van der Waals surface area contributed by atoms with Crippen LogP contribution in [-0.4, -0.2) is 4.98 Å². The van der Waals surface area contributed by atoms with Crippen molar-refractivity contribution in [3.8, 4) is 0 Å². The van der Waals surface area contributed by atoms with E-state index < -0.39 is 0 Å². The molecule has 0 saturated heterocycles. The molecule has 0 radical (unpaired) electrons. The lowest BCUT2D eigenvalue weighted by molar-refractivity contribution is 1.51. The lowest BCUT2D eigenvalue weighted by atomic mass is 10.1. The Morgan fingerprint density at radius 3 is 1.73 bits per heavy atom. The van der Waals surface area contributed by atoms with Crippen molar-refractivity contribution in [2.24, 2.45) is 0 Å². The highest BCUT2D eigenvalue weighted by Gasteiger charge is 2.03. The summed E-state index contributed by atoms with van der Waals surface area (Å²) in [6, 6.07) is 16.5. The number of nitrogens with zero attached hydrogens (tertiary/aromatic N) is 1. The smallest absolute Gasteiger partial charge is 0.0715 e. The molecule has 1 heterocycles. The van der Waals surface area contributed by atoms with Crippen molar-refractivity contribution in [2.45, 2.75) is 0 Å². The van der Waals surface area contributed by atoms with Crippen LogP contribution in [0.5, 0.6) is 0 Å². The first-order valence-electron chi connectivity index (χ1n) is 4.89. The molecule has 0 bridgehead atoms. The molecule has 15 heavy (non-hydrogen) atoms. The summed E-state index contributed by atoms with van der Waals surface area (Å²) in [4.78, 5) is 4.63. The highest BCUT2D eigenvalue weighted by atomic mass is 31.0. The molecule has 0 fully saturated rings. The number of hydrogen-bond donors (Lipinski definition) is 0. The molecule has 2 aromatic carbocycles. The molecule has 1 aromatic heterocycles. The number of rotatable bonds is 0. The molecule has 0 aliphatic heterocycles. The van der Waals surface area contributed by atoms with Crippen LogP contribution in [0, 0.1) is 0 Å². The van der Waals surface area contributed by atoms with E-state index in [1.165, 1.54) is 16.1 Å². The Bertz CT molecular complexity index is 592. The Kier molecular flexibility index (Phi) is 1.93. The van der Waals surface area contributed by atoms with E-state index in [0.29, 0.717) is 0 Å². The van der Waals surface area contributed by atoms with E-state index in [-0.39, 0.29) is 0 Å². The minimum absolute atomic E-state index is 1.06. The maximum Gasteiger partial charge on any atom is 0.0715 e. The van der Waals surface area contributed by atoms with Crippen LogP contribution in [0.2, 0.25) is 0 Å². The third-order valence-electron chi connectivity index (χ3n) is 2.63. The predicted molar refractivity (Wildman–Crippen MR) is 68.6 cm³/mol. The van der Waals surface area contributed by atoms with E-state index in [4.69, 9.17) is 0 Å². The number of benzene rings is 2. The standard InChI is InChI=1S/C13H10NP/c15-13-9-5-1-3-7-11(9)14-12-8-4-2-6-10(12)13/h1-8H,15H2. The molecule has 0 aliphatic carbocycles. The number of para-hydroxylation sites is 2. The van der Waals surface area contributed by atoms with E-state index in [9.17, 15) is 0 Å². The Morgan fingerprint density at radius 1 is 0.733 bits per heavy atom. The van der Waals surface area contributed by atoms with Gasteiger partial charge in [-0.2, -0.15) is 0 Å². The average Bonchev–Trinajstić information content (AvgIpc) is 2.30. The van der Waals surface area contributed by atoms with Gasteiger partial charge >= 0.3 is 0 Å². The minimum Gasteiger partial charge on any atom is -0.248 e. The molecule has 2 heteroatoms. The van der Waals surface area contributed by atoms with Crippen molar-refractivity contribution in [1.29, 1.82) is 0 Å². The zero-order valence-electron chi connectivity index (χ0n) is 8.14. The lowest BCUT2D eigenvalue weighted by Gasteiger charge is -2.05. The van der Waals surface area contributed by atoms with Crippen molar-refractivity contribution in [3.63, 3.8) is 0 Å². The number of aromatic nitrogens is 1. The summed E-state index contributed by atoms with van der Waals surface area (Å²) in [7, 11) is 2.82. The van der Waals surface area contributed by atoms with Crippen LogP contribution < -0.4 is 5.30 Å². The zero-order chi connectivity index (χ0) is 10.3.